The molecule has 0 aliphatic carbocycles. The fourth-order valence-corrected chi connectivity index (χ4v) is 2.28. The average molecular weight is 334 g/mol. The lowest BCUT2D eigenvalue weighted by Gasteiger charge is -2.26. The molecular formula is C16H22N4O4. The number of carbonyl (C=O) groups is 3. The van der Waals surface area contributed by atoms with Crippen molar-refractivity contribution >= 4 is 23.4 Å². The molecule has 1 aromatic carbocycles. The molecule has 0 radical (unpaired) electrons. The van der Waals surface area contributed by atoms with E-state index in [9.17, 15) is 14.4 Å². The van der Waals surface area contributed by atoms with Crippen LogP contribution < -0.4 is 16.4 Å². The van der Waals surface area contributed by atoms with Crippen molar-refractivity contribution in [2.24, 2.45) is 0 Å². The Morgan fingerprint density at radius 2 is 1.75 bits per heavy atom. The van der Waals surface area contributed by atoms with Gasteiger partial charge in [-0.2, -0.15) is 0 Å². The highest BCUT2D eigenvalue weighted by atomic mass is 16.5. The van der Waals surface area contributed by atoms with Crippen LogP contribution in [0, 0.1) is 0 Å². The Bertz CT molecular complexity index is 582. The van der Waals surface area contributed by atoms with Crippen molar-refractivity contribution in [3.8, 4) is 0 Å². The number of anilines is 1. The van der Waals surface area contributed by atoms with E-state index in [4.69, 9.17) is 10.5 Å². The monoisotopic (exact) mass is 334 g/mol. The molecule has 0 aromatic heterocycles. The maximum Gasteiger partial charge on any atom is 0.316 e. The van der Waals surface area contributed by atoms with Crippen molar-refractivity contribution < 1.29 is 19.1 Å². The van der Waals surface area contributed by atoms with E-state index >= 15 is 0 Å². The highest BCUT2D eigenvalue weighted by molar-refractivity contribution is 6.38. The molecule has 0 unspecified atom stereocenters. The number of benzene rings is 1. The summed E-state index contributed by atoms with van der Waals surface area (Å²) in [7, 11) is 0. The van der Waals surface area contributed by atoms with Crippen LogP contribution in [0.5, 0.6) is 0 Å². The number of nitrogen functional groups attached to an aromatic ring is 1. The molecule has 1 heterocycles. The van der Waals surface area contributed by atoms with Crippen molar-refractivity contribution in [3.63, 3.8) is 0 Å². The van der Waals surface area contributed by atoms with Crippen LogP contribution in [0.4, 0.5) is 5.69 Å². The first-order chi connectivity index (χ1) is 11.6. The van der Waals surface area contributed by atoms with Crippen LogP contribution in [0.3, 0.4) is 0 Å². The first-order valence-electron chi connectivity index (χ1n) is 7.85. The van der Waals surface area contributed by atoms with Crippen molar-refractivity contribution in [1.29, 1.82) is 0 Å². The second kappa shape index (κ2) is 8.99. The van der Waals surface area contributed by atoms with Crippen LogP contribution >= 0.6 is 0 Å². The van der Waals surface area contributed by atoms with E-state index in [1.54, 1.807) is 12.1 Å². The zero-order valence-corrected chi connectivity index (χ0v) is 13.4. The number of imide groups is 1. The van der Waals surface area contributed by atoms with Gasteiger partial charge in [0.25, 0.3) is 5.91 Å². The SMILES string of the molecule is Nc1ccc(C(=O)NC(=O)C(=O)NCCCN2CCOCC2)cc1. The Labute approximate surface area is 140 Å². The lowest BCUT2D eigenvalue weighted by atomic mass is 10.2. The molecule has 0 bridgehead atoms. The maximum absolute atomic E-state index is 11.8. The molecule has 0 atom stereocenters. The van der Waals surface area contributed by atoms with E-state index < -0.39 is 17.7 Å². The molecule has 130 valence electrons. The molecule has 1 aliphatic heterocycles. The maximum atomic E-state index is 11.8. The van der Waals surface area contributed by atoms with Crippen molar-refractivity contribution in [3.05, 3.63) is 29.8 Å². The summed E-state index contributed by atoms with van der Waals surface area (Å²) in [5.41, 5.74) is 6.30. The van der Waals surface area contributed by atoms with Crippen LogP contribution in [0.1, 0.15) is 16.8 Å². The van der Waals surface area contributed by atoms with Crippen LogP contribution in [-0.2, 0) is 14.3 Å². The molecule has 1 aliphatic rings. The third-order valence-corrected chi connectivity index (χ3v) is 3.65. The molecule has 1 aromatic rings. The van der Waals surface area contributed by atoms with E-state index in [1.807, 2.05) is 5.32 Å². The molecule has 0 saturated carbocycles. The predicted octanol–water partition coefficient (Wildman–Crippen LogP) is -0.636. The van der Waals surface area contributed by atoms with E-state index in [1.165, 1.54) is 12.1 Å². The number of hydrogen-bond donors (Lipinski definition) is 3. The summed E-state index contributed by atoms with van der Waals surface area (Å²) >= 11 is 0. The quantitative estimate of drug-likeness (QED) is 0.375. The fraction of sp³-hybridized carbons (Fsp3) is 0.438. The Balaban J connectivity index is 1.67. The molecule has 1 saturated heterocycles. The number of ether oxygens (including phenoxy) is 1. The van der Waals surface area contributed by atoms with E-state index in [0.29, 0.717) is 12.2 Å². The summed E-state index contributed by atoms with van der Waals surface area (Å²) < 4.78 is 5.25. The second-order valence-electron chi connectivity index (χ2n) is 5.47. The first kappa shape index (κ1) is 17.9. The number of nitrogens with one attached hydrogen (secondary N) is 2. The molecule has 0 spiro atoms. The number of hydrogen-bond acceptors (Lipinski definition) is 6. The lowest BCUT2D eigenvalue weighted by Crippen LogP contribution is -2.43. The van der Waals surface area contributed by atoms with Crippen molar-refractivity contribution in [2.45, 2.75) is 6.42 Å². The van der Waals surface area contributed by atoms with Gasteiger partial charge in [-0.15, -0.1) is 0 Å². The molecule has 3 amide bonds. The topological polar surface area (TPSA) is 114 Å². The standard InChI is InChI=1S/C16H22N4O4/c17-13-4-2-12(3-5-13)14(21)19-16(23)15(22)18-6-1-7-20-8-10-24-11-9-20/h2-5H,1,6-11,17H2,(H,18,22)(H,19,21,23). The summed E-state index contributed by atoms with van der Waals surface area (Å²) in [5.74, 6) is -2.42. The first-order valence-corrected chi connectivity index (χ1v) is 7.85. The second-order valence-corrected chi connectivity index (χ2v) is 5.47. The van der Waals surface area contributed by atoms with E-state index in [-0.39, 0.29) is 5.56 Å². The van der Waals surface area contributed by atoms with Gasteiger partial charge in [0.2, 0.25) is 0 Å². The normalized spacial score (nSPS) is 14.8. The Hall–Kier alpha value is -2.45. The van der Waals surface area contributed by atoms with Gasteiger partial charge in [-0.1, -0.05) is 0 Å². The number of amides is 3. The van der Waals surface area contributed by atoms with E-state index in [2.05, 4.69) is 10.2 Å². The van der Waals surface area contributed by atoms with Crippen LogP contribution in [-0.4, -0.2) is 62.0 Å². The lowest BCUT2D eigenvalue weighted by molar-refractivity contribution is -0.138. The highest BCUT2D eigenvalue weighted by Crippen LogP contribution is 2.05. The van der Waals surface area contributed by atoms with Gasteiger partial charge in [0, 0.05) is 30.9 Å². The molecule has 24 heavy (non-hydrogen) atoms. The minimum Gasteiger partial charge on any atom is -0.399 e. The fourth-order valence-electron chi connectivity index (χ4n) is 2.28. The Morgan fingerprint density at radius 3 is 2.42 bits per heavy atom. The summed E-state index contributed by atoms with van der Waals surface area (Å²) in [6.45, 7) is 4.41. The molecular weight excluding hydrogens is 312 g/mol. The van der Waals surface area contributed by atoms with Crippen molar-refractivity contribution in [1.82, 2.24) is 15.5 Å². The third-order valence-electron chi connectivity index (χ3n) is 3.65. The van der Waals surface area contributed by atoms with Gasteiger partial charge in [0.15, 0.2) is 0 Å². The van der Waals surface area contributed by atoms with Crippen molar-refractivity contribution in [2.75, 3.05) is 45.1 Å². The minimum absolute atomic E-state index is 0.262. The van der Waals surface area contributed by atoms with Gasteiger partial charge in [0.1, 0.15) is 0 Å². The molecule has 4 N–H and O–H groups in total. The smallest absolute Gasteiger partial charge is 0.316 e. The van der Waals surface area contributed by atoms with Gasteiger partial charge < -0.3 is 15.8 Å². The zero-order chi connectivity index (χ0) is 17.4. The van der Waals surface area contributed by atoms with Crippen LogP contribution in [0.15, 0.2) is 24.3 Å². The summed E-state index contributed by atoms with van der Waals surface area (Å²) in [5, 5.41) is 4.55. The van der Waals surface area contributed by atoms with Crippen LogP contribution in [0.25, 0.3) is 0 Å². The van der Waals surface area contributed by atoms with E-state index in [0.717, 1.165) is 39.3 Å². The average Bonchev–Trinajstić information content (AvgIpc) is 2.60. The van der Waals surface area contributed by atoms with Gasteiger partial charge in [-0.05, 0) is 37.2 Å². The number of rotatable bonds is 5. The Morgan fingerprint density at radius 1 is 1.08 bits per heavy atom. The number of carbonyl (C=O) groups excluding carboxylic acids is 3. The van der Waals surface area contributed by atoms with Gasteiger partial charge in [-0.25, -0.2) is 0 Å². The number of nitrogens with zero attached hydrogens (tertiary/aromatic N) is 1. The molecule has 1 fully saturated rings. The zero-order valence-electron chi connectivity index (χ0n) is 13.4. The van der Waals surface area contributed by atoms with Crippen LogP contribution in [0.2, 0.25) is 0 Å². The third kappa shape index (κ3) is 5.64. The number of nitrogens with two attached hydrogens (primary N) is 1. The molecule has 8 nitrogen and oxygen atoms in total. The van der Waals surface area contributed by atoms with Gasteiger partial charge >= 0.3 is 11.8 Å². The largest absolute Gasteiger partial charge is 0.399 e. The summed E-state index contributed by atoms with van der Waals surface area (Å²) in [6, 6.07) is 6.06. The summed E-state index contributed by atoms with van der Waals surface area (Å²) in [6.07, 6.45) is 0.727. The molecule has 8 heteroatoms. The highest BCUT2D eigenvalue weighted by Gasteiger charge is 2.17. The molecule has 2 rings (SSSR count). The predicted molar refractivity (Wildman–Crippen MR) is 88.2 cm³/mol. The summed E-state index contributed by atoms with van der Waals surface area (Å²) in [4.78, 5) is 37.5. The van der Waals surface area contributed by atoms with Gasteiger partial charge in [0.05, 0.1) is 13.2 Å². The van der Waals surface area contributed by atoms with Gasteiger partial charge in [-0.3, -0.25) is 24.6 Å². The minimum atomic E-state index is -0.969. The Kier molecular flexibility index (Phi) is 6.71. The number of morpholine rings is 1.